The normalized spacial score (nSPS) is 11.3. The molecule has 0 unspecified atom stereocenters. The van der Waals surface area contributed by atoms with Gasteiger partial charge in [-0.2, -0.15) is 0 Å². The fourth-order valence-corrected chi connectivity index (χ4v) is 3.16. The molecule has 0 bridgehead atoms. The number of para-hydroxylation sites is 1. The average Bonchev–Trinajstić information content (AvgIpc) is 2.39. The fraction of sp³-hybridized carbons (Fsp3) is 0.0769. The summed E-state index contributed by atoms with van der Waals surface area (Å²) in [5, 5.41) is 0.379. The van der Waals surface area contributed by atoms with Crippen LogP contribution >= 0.6 is 11.6 Å². The molecule has 2 aromatic carbocycles. The second-order valence-corrected chi connectivity index (χ2v) is 6.37. The highest BCUT2D eigenvalue weighted by atomic mass is 35.5. The minimum Gasteiger partial charge on any atom is -0.399 e. The van der Waals surface area contributed by atoms with E-state index in [4.69, 9.17) is 17.3 Å². The summed E-state index contributed by atoms with van der Waals surface area (Å²) in [5.74, 6) is 0. The molecule has 0 saturated heterocycles. The SMILES string of the molecule is CN(c1ccccc1Cl)S(=O)(=O)c1ccc(N)cc1. The summed E-state index contributed by atoms with van der Waals surface area (Å²) in [6.45, 7) is 0. The smallest absolute Gasteiger partial charge is 0.264 e. The number of hydrogen-bond acceptors (Lipinski definition) is 3. The standard InChI is InChI=1S/C13H13ClN2O2S/c1-16(13-5-3-2-4-12(13)14)19(17,18)11-8-6-10(15)7-9-11/h2-9H,15H2,1H3. The molecule has 0 fully saturated rings. The number of hydrogen-bond donors (Lipinski definition) is 1. The van der Waals surface area contributed by atoms with Crippen LogP contribution in [0.2, 0.25) is 5.02 Å². The quantitative estimate of drug-likeness (QED) is 0.886. The van der Waals surface area contributed by atoms with Gasteiger partial charge in [0, 0.05) is 12.7 Å². The second kappa shape index (κ2) is 5.11. The Labute approximate surface area is 117 Å². The minimum absolute atomic E-state index is 0.170. The molecular formula is C13H13ClN2O2S. The lowest BCUT2D eigenvalue weighted by atomic mass is 10.3. The van der Waals surface area contributed by atoms with Crippen LogP contribution in [0, 0.1) is 0 Å². The van der Waals surface area contributed by atoms with Gasteiger partial charge >= 0.3 is 0 Å². The Balaban J connectivity index is 2.45. The zero-order valence-corrected chi connectivity index (χ0v) is 11.8. The van der Waals surface area contributed by atoms with E-state index in [9.17, 15) is 8.42 Å². The van der Waals surface area contributed by atoms with Crippen LogP contribution < -0.4 is 10.0 Å². The molecule has 0 aliphatic heterocycles. The van der Waals surface area contributed by atoms with Crippen LogP contribution in [0.25, 0.3) is 0 Å². The number of nitrogens with zero attached hydrogens (tertiary/aromatic N) is 1. The summed E-state index contributed by atoms with van der Waals surface area (Å²) >= 11 is 6.01. The third-order valence-corrected chi connectivity index (χ3v) is 4.84. The van der Waals surface area contributed by atoms with E-state index in [0.29, 0.717) is 16.4 Å². The van der Waals surface area contributed by atoms with Crippen LogP contribution in [0.3, 0.4) is 0 Å². The molecule has 0 aromatic heterocycles. The van der Waals surface area contributed by atoms with E-state index in [0.717, 1.165) is 4.31 Å². The lowest BCUT2D eigenvalue weighted by molar-refractivity contribution is 0.594. The molecule has 4 nitrogen and oxygen atoms in total. The summed E-state index contributed by atoms with van der Waals surface area (Å²) in [7, 11) is -2.17. The Morgan fingerprint density at radius 3 is 2.21 bits per heavy atom. The highest BCUT2D eigenvalue weighted by molar-refractivity contribution is 7.92. The van der Waals surface area contributed by atoms with E-state index >= 15 is 0 Å². The van der Waals surface area contributed by atoms with E-state index in [2.05, 4.69) is 0 Å². The van der Waals surface area contributed by atoms with Crippen LogP contribution in [-0.4, -0.2) is 15.5 Å². The Bertz CT molecular complexity index is 684. The van der Waals surface area contributed by atoms with Crippen molar-refractivity contribution in [1.82, 2.24) is 0 Å². The summed E-state index contributed by atoms with van der Waals surface area (Å²) < 4.78 is 26.0. The number of nitrogen functional groups attached to an aromatic ring is 1. The minimum atomic E-state index is -3.64. The molecule has 19 heavy (non-hydrogen) atoms. The molecule has 0 radical (unpaired) electrons. The van der Waals surface area contributed by atoms with Gasteiger partial charge in [-0.3, -0.25) is 4.31 Å². The van der Waals surface area contributed by atoms with Gasteiger partial charge in [-0.05, 0) is 36.4 Å². The van der Waals surface area contributed by atoms with Gasteiger partial charge in [0.25, 0.3) is 10.0 Å². The van der Waals surface area contributed by atoms with E-state index in [1.54, 1.807) is 36.4 Å². The molecule has 2 rings (SSSR count). The molecule has 0 saturated carbocycles. The first kappa shape index (κ1) is 13.7. The second-order valence-electron chi connectivity index (χ2n) is 3.99. The fourth-order valence-electron chi connectivity index (χ4n) is 1.63. The molecule has 0 spiro atoms. The van der Waals surface area contributed by atoms with Crippen molar-refractivity contribution in [2.75, 3.05) is 17.1 Å². The molecular weight excluding hydrogens is 284 g/mol. The van der Waals surface area contributed by atoms with Gasteiger partial charge in [-0.1, -0.05) is 23.7 Å². The van der Waals surface area contributed by atoms with Crippen molar-refractivity contribution in [3.63, 3.8) is 0 Å². The Hall–Kier alpha value is -1.72. The predicted molar refractivity (Wildman–Crippen MR) is 77.9 cm³/mol. The monoisotopic (exact) mass is 296 g/mol. The predicted octanol–water partition coefficient (Wildman–Crippen LogP) is 2.75. The van der Waals surface area contributed by atoms with Crippen molar-refractivity contribution in [2.45, 2.75) is 4.90 Å². The van der Waals surface area contributed by atoms with Crippen molar-refractivity contribution < 1.29 is 8.42 Å². The molecule has 0 heterocycles. The summed E-state index contributed by atoms with van der Waals surface area (Å²) in [6, 6.07) is 12.8. The number of sulfonamides is 1. The lowest BCUT2D eigenvalue weighted by Gasteiger charge is -2.20. The maximum atomic E-state index is 12.4. The molecule has 100 valence electrons. The van der Waals surface area contributed by atoms with Crippen LogP contribution in [0.1, 0.15) is 0 Å². The number of rotatable bonds is 3. The largest absolute Gasteiger partial charge is 0.399 e. The van der Waals surface area contributed by atoms with Crippen LogP contribution in [0.5, 0.6) is 0 Å². The van der Waals surface area contributed by atoms with E-state index in [1.165, 1.54) is 19.2 Å². The maximum Gasteiger partial charge on any atom is 0.264 e. The van der Waals surface area contributed by atoms with Crippen molar-refractivity contribution in [3.8, 4) is 0 Å². The van der Waals surface area contributed by atoms with Crippen molar-refractivity contribution in [3.05, 3.63) is 53.6 Å². The molecule has 2 N–H and O–H groups in total. The Morgan fingerprint density at radius 1 is 1.05 bits per heavy atom. The third kappa shape index (κ3) is 2.67. The van der Waals surface area contributed by atoms with Gasteiger partial charge in [0.1, 0.15) is 0 Å². The van der Waals surface area contributed by atoms with Gasteiger partial charge in [-0.25, -0.2) is 8.42 Å². The maximum absolute atomic E-state index is 12.4. The van der Waals surface area contributed by atoms with Crippen LogP contribution in [0.15, 0.2) is 53.4 Å². The van der Waals surface area contributed by atoms with Crippen LogP contribution in [-0.2, 0) is 10.0 Å². The van der Waals surface area contributed by atoms with Crippen molar-refractivity contribution >= 4 is 33.0 Å². The summed E-state index contributed by atoms with van der Waals surface area (Å²) in [6.07, 6.45) is 0. The molecule has 0 atom stereocenters. The number of anilines is 2. The summed E-state index contributed by atoms with van der Waals surface area (Å²) in [4.78, 5) is 0.170. The zero-order valence-electron chi connectivity index (χ0n) is 10.2. The third-order valence-electron chi connectivity index (χ3n) is 2.73. The molecule has 0 amide bonds. The highest BCUT2D eigenvalue weighted by Gasteiger charge is 2.22. The molecule has 0 aliphatic carbocycles. The highest BCUT2D eigenvalue weighted by Crippen LogP contribution is 2.28. The van der Waals surface area contributed by atoms with Crippen molar-refractivity contribution in [1.29, 1.82) is 0 Å². The van der Waals surface area contributed by atoms with Crippen molar-refractivity contribution in [2.24, 2.45) is 0 Å². The number of halogens is 1. The Kier molecular flexibility index (Phi) is 3.68. The first-order valence-electron chi connectivity index (χ1n) is 5.52. The molecule has 2 aromatic rings. The molecule has 6 heteroatoms. The van der Waals surface area contributed by atoms with Gasteiger partial charge < -0.3 is 5.73 Å². The van der Waals surface area contributed by atoms with E-state index < -0.39 is 10.0 Å². The average molecular weight is 297 g/mol. The van der Waals surface area contributed by atoms with Crippen LogP contribution in [0.4, 0.5) is 11.4 Å². The van der Waals surface area contributed by atoms with Gasteiger partial charge in [0.2, 0.25) is 0 Å². The first-order valence-corrected chi connectivity index (χ1v) is 7.34. The van der Waals surface area contributed by atoms with E-state index in [-0.39, 0.29) is 4.90 Å². The zero-order chi connectivity index (χ0) is 14.0. The number of nitrogens with two attached hydrogens (primary N) is 1. The number of benzene rings is 2. The first-order chi connectivity index (χ1) is 8.93. The topological polar surface area (TPSA) is 63.4 Å². The lowest BCUT2D eigenvalue weighted by Crippen LogP contribution is -2.26. The van der Waals surface area contributed by atoms with Gasteiger partial charge in [0.05, 0.1) is 15.6 Å². The molecule has 0 aliphatic rings. The van der Waals surface area contributed by atoms with E-state index in [1.807, 2.05) is 0 Å². The van der Waals surface area contributed by atoms with Gasteiger partial charge in [0.15, 0.2) is 0 Å². The summed E-state index contributed by atoms with van der Waals surface area (Å²) in [5.41, 5.74) is 6.50. The Morgan fingerprint density at radius 2 is 1.63 bits per heavy atom. The van der Waals surface area contributed by atoms with Gasteiger partial charge in [-0.15, -0.1) is 0 Å².